The van der Waals surface area contributed by atoms with Crippen LogP contribution in [0.25, 0.3) is 0 Å². The van der Waals surface area contributed by atoms with Crippen molar-refractivity contribution >= 4 is 24.3 Å². The third-order valence-corrected chi connectivity index (χ3v) is 7.12. The minimum atomic E-state index is -0.103. The highest BCUT2D eigenvalue weighted by atomic mass is 35.5. The van der Waals surface area contributed by atoms with Gasteiger partial charge in [-0.15, -0.1) is 12.4 Å². The van der Waals surface area contributed by atoms with Crippen molar-refractivity contribution in [2.24, 2.45) is 29.4 Å². The van der Waals surface area contributed by atoms with E-state index in [1.165, 1.54) is 19.3 Å². The zero-order valence-electron chi connectivity index (χ0n) is 17.7. The van der Waals surface area contributed by atoms with E-state index < -0.39 is 0 Å². The molecule has 1 atom stereocenters. The number of hydrogen-bond acceptors (Lipinski definition) is 3. The molecule has 4 aliphatic rings. The molecule has 3 amide bonds. The van der Waals surface area contributed by atoms with Crippen molar-refractivity contribution in [3.63, 3.8) is 0 Å². The van der Waals surface area contributed by atoms with Gasteiger partial charge >= 0.3 is 6.03 Å². The van der Waals surface area contributed by atoms with Gasteiger partial charge in [0, 0.05) is 38.1 Å². The Labute approximate surface area is 176 Å². The normalized spacial score (nSPS) is 31.2. The number of urea groups is 1. The van der Waals surface area contributed by atoms with Crippen molar-refractivity contribution < 1.29 is 9.59 Å². The van der Waals surface area contributed by atoms with Crippen LogP contribution in [0.1, 0.15) is 65.2 Å². The molecule has 0 heterocycles. The monoisotopic (exact) mass is 414 g/mol. The molecular weight excluding hydrogens is 376 g/mol. The summed E-state index contributed by atoms with van der Waals surface area (Å²) in [5.41, 5.74) is 6.06. The molecule has 0 aliphatic heterocycles. The van der Waals surface area contributed by atoms with Gasteiger partial charge in [-0.05, 0) is 68.6 Å². The van der Waals surface area contributed by atoms with E-state index in [1.54, 1.807) is 4.90 Å². The van der Waals surface area contributed by atoms with E-state index in [0.29, 0.717) is 25.4 Å². The van der Waals surface area contributed by atoms with Crippen molar-refractivity contribution in [1.29, 1.82) is 0 Å². The first-order valence-electron chi connectivity index (χ1n) is 10.8. The van der Waals surface area contributed by atoms with Crippen LogP contribution in [0.3, 0.4) is 0 Å². The molecule has 4 saturated carbocycles. The van der Waals surface area contributed by atoms with Crippen LogP contribution in [0.2, 0.25) is 0 Å². The fraction of sp³-hybridized carbons (Fsp3) is 0.905. The molecule has 4 N–H and O–H groups in total. The molecule has 4 aliphatic carbocycles. The van der Waals surface area contributed by atoms with Gasteiger partial charge in [-0.3, -0.25) is 4.79 Å². The summed E-state index contributed by atoms with van der Waals surface area (Å²) in [5, 5.41) is 6.19. The van der Waals surface area contributed by atoms with Crippen LogP contribution in [-0.2, 0) is 4.79 Å². The number of rotatable bonds is 8. The molecule has 28 heavy (non-hydrogen) atoms. The summed E-state index contributed by atoms with van der Waals surface area (Å²) >= 11 is 0. The van der Waals surface area contributed by atoms with Gasteiger partial charge in [-0.25, -0.2) is 4.79 Å². The van der Waals surface area contributed by atoms with Crippen molar-refractivity contribution in [1.82, 2.24) is 15.5 Å². The summed E-state index contributed by atoms with van der Waals surface area (Å²) in [4.78, 5) is 26.4. The lowest BCUT2D eigenvalue weighted by Crippen LogP contribution is -2.61. The van der Waals surface area contributed by atoms with Crippen LogP contribution in [0.4, 0.5) is 4.79 Å². The Bertz CT molecular complexity index is 519. The lowest BCUT2D eigenvalue weighted by atomic mass is 9.53. The highest BCUT2D eigenvalue weighted by Gasteiger charge is 2.51. The molecule has 0 radical (unpaired) electrons. The van der Waals surface area contributed by atoms with Gasteiger partial charge in [0.25, 0.3) is 0 Å². The Hall–Kier alpha value is -1.01. The number of hydrogen-bond donors (Lipinski definition) is 3. The molecule has 162 valence electrons. The number of nitrogens with two attached hydrogens (primary N) is 1. The van der Waals surface area contributed by atoms with Gasteiger partial charge in [0.2, 0.25) is 5.91 Å². The predicted molar refractivity (Wildman–Crippen MR) is 114 cm³/mol. The summed E-state index contributed by atoms with van der Waals surface area (Å²) in [5.74, 6) is 2.90. The standard InChI is InChI=1S/C21H38N4O2.ClH/c1-14(2)18(22)5-7-25(3)19(26)4-6-23-20(27)24-21-11-15-8-16(12-21)10-17(9-15)13-21;/h14-18H,4-13,22H2,1-3H3,(H2,23,24,27);1H. The van der Waals surface area contributed by atoms with Crippen LogP contribution in [0.5, 0.6) is 0 Å². The number of carbonyl (C=O) groups is 2. The zero-order chi connectivity index (χ0) is 19.6. The van der Waals surface area contributed by atoms with Crippen LogP contribution in [-0.4, -0.2) is 48.6 Å². The van der Waals surface area contributed by atoms with E-state index in [4.69, 9.17) is 5.73 Å². The summed E-state index contributed by atoms with van der Waals surface area (Å²) < 4.78 is 0. The number of nitrogens with one attached hydrogen (secondary N) is 2. The van der Waals surface area contributed by atoms with Crippen LogP contribution >= 0.6 is 12.4 Å². The smallest absolute Gasteiger partial charge is 0.315 e. The van der Waals surface area contributed by atoms with E-state index in [0.717, 1.165) is 43.4 Å². The van der Waals surface area contributed by atoms with E-state index >= 15 is 0 Å². The average Bonchev–Trinajstić information content (AvgIpc) is 2.57. The van der Waals surface area contributed by atoms with Crippen LogP contribution in [0.15, 0.2) is 0 Å². The first-order valence-corrected chi connectivity index (χ1v) is 10.8. The highest BCUT2D eigenvalue weighted by Crippen LogP contribution is 2.55. The lowest BCUT2D eigenvalue weighted by molar-refractivity contribution is -0.129. The molecule has 0 aromatic carbocycles. The summed E-state index contributed by atoms with van der Waals surface area (Å²) in [6.45, 7) is 5.24. The minimum Gasteiger partial charge on any atom is -0.346 e. The third-order valence-electron chi connectivity index (χ3n) is 7.12. The highest BCUT2D eigenvalue weighted by molar-refractivity contribution is 5.85. The fourth-order valence-corrected chi connectivity index (χ4v) is 5.82. The minimum absolute atomic E-state index is 0. The number of carbonyl (C=O) groups excluding carboxylic acids is 2. The molecule has 4 fully saturated rings. The van der Waals surface area contributed by atoms with Crippen LogP contribution < -0.4 is 16.4 Å². The first-order chi connectivity index (χ1) is 12.8. The van der Waals surface area contributed by atoms with E-state index in [9.17, 15) is 9.59 Å². The van der Waals surface area contributed by atoms with Crippen molar-refractivity contribution in [2.75, 3.05) is 20.1 Å². The maximum atomic E-state index is 12.4. The van der Waals surface area contributed by atoms with Gasteiger partial charge in [-0.2, -0.15) is 0 Å². The quantitative estimate of drug-likeness (QED) is 0.570. The number of amides is 3. The Morgan fingerprint density at radius 2 is 1.64 bits per heavy atom. The van der Waals surface area contributed by atoms with Gasteiger partial charge in [-0.1, -0.05) is 13.8 Å². The predicted octanol–water partition coefficient (Wildman–Crippen LogP) is 2.90. The first kappa shape index (κ1) is 23.3. The fourth-order valence-electron chi connectivity index (χ4n) is 5.82. The molecule has 0 aromatic rings. The molecule has 7 heteroatoms. The zero-order valence-corrected chi connectivity index (χ0v) is 18.5. The van der Waals surface area contributed by atoms with Crippen molar-refractivity contribution in [3.05, 3.63) is 0 Å². The SMILES string of the molecule is CC(C)C(N)CCN(C)C(=O)CCNC(=O)NC12CC3CC(CC(C3)C1)C2.Cl. The van der Waals surface area contributed by atoms with Crippen molar-refractivity contribution in [2.45, 2.75) is 76.8 Å². The van der Waals surface area contributed by atoms with Crippen molar-refractivity contribution in [3.8, 4) is 0 Å². The maximum absolute atomic E-state index is 12.4. The van der Waals surface area contributed by atoms with E-state index in [-0.39, 0.29) is 35.9 Å². The molecule has 4 rings (SSSR count). The molecular formula is C21H39ClN4O2. The van der Waals surface area contributed by atoms with E-state index in [1.807, 2.05) is 7.05 Å². The second kappa shape index (κ2) is 9.66. The number of halogens is 1. The van der Waals surface area contributed by atoms with Gasteiger partial charge in [0.15, 0.2) is 0 Å². The summed E-state index contributed by atoms with van der Waals surface area (Å²) in [6.07, 6.45) is 8.66. The Morgan fingerprint density at radius 3 is 2.14 bits per heavy atom. The van der Waals surface area contributed by atoms with Gasteiger partial charge < -0.3 is 21.3 Å². The van der Waals surface area contributed by atoms with Gasteiger partial charge in [0.1, 0.15) is 0 Å². The van der Waals surface area contributed by atoms with E-state index in [2.05, 4.69) is 24.5 Å². The largest absolute Gasteiger partial charge is 0.346 e. The van der Waals surface area contributed by atoms with Gasteiger partial charge in [0.05, 0.1) is 0 Å². The second-order valence-electron chi connectivity index (χ2n) is 9.84. The average molecular weight is 415 g/mol. The Balaban J connectivity index is 0.00000280. The molecule has 6 nitrogen and oxygen atoms in total. The number of nitrogens with zero attached hydrogens (tertiary/aromatic N) is 1. The molecule has 0 aromatic heterocycles. The molecule has 1 unspecified atom stereocenters. The molecule has 0 spiro atoms. The summed E-state index contributed by atoms with van der Waals surface area (Å²) in [6, 6.07) is 0.0127. The lowest BCUT2D eigenvalue weighted by Gasteiger charge is -2.56. The Kier molecular flexibility index (Phi) is 8.03. The Morgan fingerprint density at radius 1 is 1.11 bits per heavy atom. The molecule has 4 bridgehead atoms. The third kappa shape index (κ3) is 5.76. The topological polar surface area (TPSA) is 87.5 Å². The van der Waals surface area contributed by atoms with Crippen LogP contribution in [0, 0.1) is 23.7 Å². The summed E-state index contributed by atoms with van der Waals surface area (Å²) in [7, 11) is 1.81. The second-order valence-corrected chi connectivity index (χ2v) is 9.84. The maximum Gasteiger partial charge on any atom is 0.315 e. The molecule has 0 saturated heterocycles.